The fourth-order valence-corrected chi connectivity index (χ4v) is 6.88. The van der Waals surface area contributed by atoms with Gasteiger partial charge in [-0.15, -0.1) is 11.8 Å². The zero-order chi connectivity index (χ0) is 29.6. The number of rotatable bonds is 10. The summed E-state index contributed by atoms with van der Waals surface area (Å²) in [6.45, 7) is 15.1. The molecule has 1 amide bonds. The first kappa shape index (κ1) is 32.3. The van der Waals surface area contributed by atoms with Gasteiger partial charge in [-0.05, 0) is 51.2 Å². The Balaban J connectivity index is 1.23. The third-order valence-corrected chi connectivity index (χ3v) is 9.56. The highest BCUT2D eigenvalue weighted by atomic mass is 35.5. The average molecular weight is 608 g/mol. The lowest BCUT2D eigenvalue weighted by atomic mass is 9.89. The molecule has 1 unspecified atom stereocenters. The van der Waals surface area contributed by atoms with Gasteiger partial charge >= 0.3 is 5.97 Å². The standard InChI is InChI=1S/C31H46ClN3O5S/c1-22(2)28-33-25(20-41-28)29(37)35-15-18-39-31(21-35)11-13-34(14-12-31)19-24-8-6-7-23(27(24)32)9-16-38-17-10-26(36)40-30(3,4)5/h6-8,22,25H,9-21H2,1-5H3. The number of amides is 1. The summed E-state index contributed by atoms with van der Waals surface area (Å²) in [6, 6.07) is 5.91. The number of aliphatic imine (C=N–C) groups is 1. The lowest BCUT2D eigenvalue weighted by Crippen LogP contribution is -2.59. The number of benzene rings is 1. The van der Waals surface area contributed by atoms with Crippen molar-refractivity contribution in [2.75, 3.05) is 51.8 Å². The van der Waals surface area contributed by atoms with Gasteiger partial charge in [-0.3, -0.25) is 19.5 Å². The van der Waals surface area contributed by atoms with Crippen LogP contribution in [-0.2, 0) is 36.8 Å². The molecule has 0 saturated carbocycles. The molecule has 0 N–H and O–H groups in total. The number of ether oxygens (including phenoxy) is 3. The predicted octanol–water partition coefficient (Wildman–Crippen LogP) is 4.99. The summed E-state index contributed by atoms with van der Waals surface area (Å²) in [6.07, 6.45) is 2.70. The molecule has 1 aromatic rings. The summed E-state index contributed by atoms with van der Waals surface area (Å²) in [7, 11) is 0. The van der Waals surface area contributed by atoms with E-state index in [4.69, 9.17) is 30.8 Å². The minimum absolute atomic E-state index is 0.149. The highest BCUT2D eigenvalue weighted by Gasteiger charge is 2.42. The summed E-state index contributed by atoms with van der Waals surface area (Å²) in [5.41, 5.74) is 1.40. The summed E-state index contributed by atoms with van der Waals surface area (Å²) < 4.78 is 17.3. The number of hydrogen-bond donors (Lipinski definition) is 0. The summed E-state index contributed by atoms with van der Waals surface area (Å²) in [4.78, 5) is 34.2. The van der Waals surface area contributed by atoms with Gasteiger partial charge in [0, 0.05) is 49.4 Å². The number of hydrogen-bond acceptors (Lipinski definition) is 8. The summed E-state index contributed by atoms with van der Waals surface area (Å²) in [5, 5.41) is 1.87. The van der Waals surface area contributed by atoms with E-state index in [-0.39, 0.29) is 29.9 Å². The van der Waals surface area contributed by atoms with Gasteiger partial charge in [0.1, 0.15) is 11.6 Å². The van der Waals surface area contributed by atoms with E-state index in [9.17, 15) is 9.59 Å². The Morgan fingerprint density at radius 1 is 1.17 bits per heavy atom. The van der Waals surface area contributed by atoms with E-state index in [0.717, 1.165) is 59.4 Å². The fraction of sp³-hybridized carbons (Fsp3) is 0.710. The van der Waals surface area contributed by atoms with E-state index in [1.54, 1.807) is 11.8 Å². The molecule has 2 fully saturated rings. The normalized spacial score (nSPS) is 21.4. The highest BCUT2D eigenvalue weighted by molar-refractivity contribution is 8.14. The van der Waals surface area contributed by atoms with Crippen LogP contribution in [0, 0.1) is 5.92 Å². The number of halogens is 1. The van der Waals surface area contributed by atoms with E-state index in [2.05, 4.69) is 24.8 Å². The van der Waals surface area contributed by atoms with Crippen LogP contribution in [0.2, 0.25) is 5.02 Å². The number of piperidine rings is 1. The molecule has 0 bridgehead atoms. The summed E-state index contributed by atoms with van der Waals surface area (Å²) in [5.74, 6) is 1.02. The number of carbonyl (C=O) groups is 2. The Bertz CT molecular complexity index is 1100. The molecule has 1 aromatic carbocycles. The van der Waals surface area contributed by atoms with Gasteiger partial charge < -0.3 is 19.1 Å². The Morgan fingerprint density at radius 2 is 1.90 bits per heavy atom. The van der Waals surface area contributed by atoms with Crippen LogP contribution in [0.1, 0.15) is 65.0 Å². The highest BCUT2D eigenvalue weighted by Crippen LogP contribution is 2.33. The van der Waals surface area contributed by atoms with Gasteiger partial charge in [-0.1, -0.05) is 43.6 Å². The maximum atomic E-state index is 13.3. The molecule has 3 aliphatic rings. The molecular formula is C31H46ClN3O5S. The zero-order valence-corrected chi connectivity index (χ0v) is 26.8. The average Bonchev–Trinajstić information content (AvgIpc) is 3.41. The molecule has 8 nitrogen and oxygen atoms in total. The second-order valence-electron chi connectivity index (χ2n) is 12.6. The van der Waals surface area contributed by atoms with Crippen LogP contribution in [0.25, 0.3) is 0 Å². The second-order valence-corrected chi connectivity index (χ2v) is 14.0. The molecule has 1 atom stereocenters. The van der Waals surface area contributed by atoms with Crippen molar-refractivity contribution in [3.63, 3.8) is 0 Å². The molecule has 0 aliphatic carbocycles. The van der Waals surface area contributed by atoms with Crippen molar-refractivity contribution in [2.45, 2.75) is 84.1 Å². The van der Waals surface area contributed by atoms with Crippen molar-refractivity contribution in [3.05, 3.63) is 34.3 Å². The molecule has 4 rings (SSSR count). The molecule has 41 heavy (non-hydrogen) atoms. The topological polar surface area (TPSA) is 80.7 Å². The first-order valence-electron chi connectivity index (χ1n) is 14.9. The minimum atomic E-state index is -0.482. The van der Waals surface area contributed by atoms with Gasteiger partial charge in [-0.2, -0.15) is 0 Å². The molecule has 3 heterocycles. The Labute approximate surface area is 254 Å². The molecule has 0 aromatic heterocycles. The quantitative estimate of drug-likeness (QED) is 0.274. The van der Waals surface area contributed by atoms with Crippen molar-refractivity contribution in [2.24, 2.45) is 10.9 Å². The maximum Gasteiger partial charge on any atom is 0.308 e. The van der Waals surface area contributed by atoms with Crippen LogP contribution in [-0.4, -0.2) is 95.7 Å². The molecule has 0 radical (unpaired) electrons. The number of esters is 1. The minimum Gasteiger partial charge on any atom is -0.460 e. The van der Waals surface area contributed by atoms with E-state index in [0.29, 0.717) is 45.2 Å². The van der Waals surface area contributed by atoms with Gasteiger partial charge in [0.15, 0.2) is 0 Å². The molecule has 2 saturated heterocycles. The fourth-order valence-electron chi connectivity index (χ4n) is 5.52. The van der Waals surface area contributed by atoms with Gasteiger partial charge in [0.2, 0.25) is 5.91 Å². The lowest BCUT2D eigenvalue weighted by Gasteiger charge is -2.47. The number of morpholine rings is 1. The third kappa shape index (κ3) is 9.17. The Kier molecular flexibility index (Phi) is 11.2. The number of thioether (sulfide) groups is 1. The molecule has 3 aliphatic heterocycles. The molecule has 10 heteroatoms. The second kappa shape index (κ2) is 14.2. The summed E-state index contributed by atoms with van der Waals surface area (Å²) >= 11 is 8.53. The van der Waals surface area contributed by atoms with Crippen LogP contribution >= 0.6 is 23.4 Å². The maximum absolute atomic E-state index is 13.3. The van der Waals surface area contributed by atoms with Crippen molar-refractivity contribution < 1.29 is 23.8 Å². The lowest BCUT2D eigenvalue weighted by molar-refractivity contribution is -0.160. The molecule has 228 valence electrons. The third-order valence-electron chi connectivity index (χ3n) is 7.72. The first-order chi connectivity index (χ1) is 19.4. The SMILES string of the molecule is CC(C)C1=NC(C(=O)N2CCOC3(CCN(Cc4cccc(CCOCCC(=O)OC(C)(C)C)c4Cl)CC3)C2)CS1. The van der Waals surface area contributed by atoms with Crippen LogP contribution < -0.4 is 0 Å². The van der Waals surface area contributed by atoms with E-state index in [1.165, 1.54) is 0 Å². The molecular weight excluding hydrogens is 562 g/mol. The van der Waals surface area contributed by atoms with E-state index >= 15 is 0 Å². The molecule has 1 spiro atoms. The predicted molar refractivity (Wildman–Crippen MR) is 165 cm³/mol. The van der Waals surface area contributed by atoms with Crippen molar-refractivity contribution in [1.82, 2.24) is 9.80 Å². The van der Waals surface area contributed by atoms with Crippen LogP contribution in [0.4, 0.5) is 0 Å². The van der Waals surface area contributed by atoms with Crippen LogP contribution in [0.5, 0.6) is 0 Å². The van der Waals surface area contributed by atoms with Crippen molar-refractivity contribution in [1.29, 1.82) is 0 Å². The Morgan fingerprint density at radius 3 is 2.59 bits per heavy atom. The smallest absolute Gasteiger partial charge is 0.308 e. The van der Waals surface area contributed by atoms with Crippen LogP contribution in [0.15, 0.2) is 23.2 Å². The van der Waals surface area contributed by atoms with Gasteiger partial charge in [-0.25, -0.2) is 0 Å². The zero-order valence-electron chi connectivity index (χ0n) is 25.2. The van der Waals surface area contributed by atoms with Crippen molar-refractivity contribution in [3.8, 4) is 0 Å². The largest absolute Gasteiger partial charge is 0.460 e. The van der Waals surface area contributed by atoms with Crippen LogP contribution in [0.3, 0.4) is 0 Å². The van der Waals surface area contributed by atoms with E-state index < -0.39 is 5.60 Å². The Hall–Kier alpha value is -1.65. The van der Waals surface area contributed by atoms with Gasteiger partial charge in [0.25, 0.3) is 0 Å². The monoisotopic (exact) mass is 607 g/mol. The van der Waals surface area contributed by atoms with Crippen molar-refractivity contribution >= 4 is 40.3 Å². The number of nitrogens with zero attached hydrogens (tertiary/aromatic N) is 3. The van der Waals surface area contributed by atoms with Gasteiger partial charge in [0.05, 0.1) is 36.9 Å². The number of likely N-dealkylation sites (tertiary alicyclic amines) is 1. The first-order valence-corrected chi connectivity index (χ1v) is 16.2. The van der Waals surface area contributed by atoms with E-state index in [1.807, 2.05) is 37.8 Å². The number of carbonyl (C=O) groups excluding carboxylic acids is 2.